The Kier molecular flexibility index (Phi) is 4.89. The first kappa shape index (κ1) is 15.1. The SMILES string of the molecule is CCc1nc(C(NC(C)C)c2cccc(F)c2)sc1C. The molecule has 2 nitrogen and oxygen atoms in total. The highest BCUT2D eigenvalue weighted by Gasteiger charge is 2.20. The molecule has 0 aliphatic rings. The number of thiazole rings is 1. The van der Waals surface area contributed by atoms with E-state index in [1.165, 1.54) is 10.9 Å². The normalized spacial score (nSPS) is 12.9. The maximum Gasteiger partial charge on any atom is 0.123 e. The Morgan fingerprint density at radius 3 is 2.65 bits per heavy atom. The lowest BCUT2D eigenvalue weighted by atomic mass is 10.1. The van der Waals surface area contributed by atoms with Crippen molar-refractivity contribution in [1.29, 1.82) is 0 Å². The molecule has 0 amide bonds. The van der Waals surface area contributed by atoms with Crippen LogP contribution in [0, 0.1) is 12.7 Å². The topological polar surface area (TPSA) is 24.9 Å². The van der Waals surface area contributed by atoms with Gasteiger partial charge in [-0.3, -0.25) is 0 Å². The lowest BCUT2D eigenvalue weighted by Gasteiger charge is -2.19. The van der Waals surface area contributed by atoms with Crippen LogP contribution in [0.3, 0.4) is 0 Å². The van der Waals surface area contributed by atoms with E-state index in [9.17, 15) is 4.39 Å². The molecule has 0 saturated heterocycles. The van der Waals surface area contributed by atoms with Crippen molar-refractivity contribution in [3.05, 3.63) is 51.2 Å². The van der Waals surface area contributed by atoms with Gasteiger partial charge in [0.25, 0.3) is 0 Å². The number of nitrogens with one attached hydrogen (secondary N) is 1. The molecule has 0 bridgehead atoms. The lowest BCUT2D eigenvalue weighted by Crippen LogP contribution is -2.29. The van der Waals surface area contributed by atoms with Crippen molar-refractivity contribution in [2.45, 2.75) is 46.2 Å². The van der Waals surface area contributed by atoms with Crippen molar-refractivity contribution in [2.75, 3.05) is 0 Å². The Balaban J connectivity index is 2.41. The fourth-order valence-electron chi connectivity index (χ4n) is 2.23. The zero-order chi connectivity index (χ0) is 14.7. The van der Waals surface area contributed by atoms with Gasteiger partial charge < -0.3 is 5.32 Å². The van der Waals surface area contributed by atoms with Gasteiger partial charge in [-0.2, -0.15) is 0 Å². The van der Waals surface area contributed by atoms with Crippen molar-refractivity contribution < 1.29 is 4.39 Å². The lowest BCUT2D eigenvalue weighted by molar-refractivity contribution is 0.522. The number of aromatic nitrogens is 1. The molecule has 0 spiro atoms. The van der Waals surface area contributed by atoms with E-state index < -0.39 is 0 Å². The fourth-order valence-corrected chi connectivity index (χ4v) is 3.33. The molecule has 1 aromatic carbocycles. The molecule has 1 heterocycles. The van der Waals surface area contributed by atoms with Gasteiger partial charge in [-0.1, -0.05) is 19.1 Å². The molecule has 2 aromatic rings. The van der Waals surface area contributed by atoms with Gasteiger partial charge in [0.1, 0.15) is 10.8 Å². The Morgan fingerprint density at radius 2 is 2.10 bits per heavy atom. The van der Waals surface area contributed by atoms with Crippen LogP contribution in [0.4, 0.5) is 4.39 Å². The van der Waals surface area contributed by atoms with Crippen LogP contribution in [-0.4, -0.2) is 11.0 Å². The van der Waals surface area contributed by atoms with Gasteiger partial charge in [0, 0.05) is 10.9 Å². The monoisotopic (exact) mass is 292 g/mol. The second kappa shape index (κ2) is 6.46. The Hall–Kier alpha value is -1.26. The number of rotatable bonds is 5. The van der Waals surface area contributed by atoms with E-state index in [2.05, 4.69) is 33.0 Å². The predicted octanol–water partition coefficient (Wildman–Crippen LogP) is 4.24. The number of aryl methyl sites for hydroxylation is 2. The first-order valence-corrected chi connectivity index (χ1v) is 7.80. The number of nitrogens with zero attached hydrogens (tertiary/aromatic N) is 1. The third-order valence-corrected chi connectivity index (χ3v) is 4.25. The highest BCUT2D eigenvalue weighted by atomic mass is 32.1. The number of hydrogen-bond acceptors (Lipinski definition) is 3. The van der Waals surface area contributed by atoms with Gasteiger partial charge in [0.2, 0.25) is 0 Å². The van der Waals surface area contributed by atoms with Crippen LogP contribution in [0.25, 0.3) is 0 Å². The molecular weight excluding hydrogens is 271 g/mol. The highest BCUT2D eigenvalue weighted by Crippen LogP contribution is 2.29. The minimum Gasteiger partial charge on any atom is -0.302 e. The standard InChI is InChI=1S/C16H21FN2S/c1-5-14-11(4)20-16(19-14)15(18-10(2)3)12-7-6-8-13(17)9-12/h6-10,15,18H,5H2,1-4H3. The molecule has 1 aromatic heterocycles. The molecule has 108 valence electrons. The van der Waals surface area contributed by atoms with Crippen LogP contribution < -0.4 is 5.32 Å². The Bertz CT molecular complexity index is 578. The maximum absolute atomic E-state index is 13.5. The summed E-state index contributed by atoms with van der Waals surface area (Å²) < 4.78 is 13.5. The van der Waals surface area contributed by atoms with Crippen LogP contribution in [0.1, 0.15) is 48.0 Å². The summed E-state index contributed by atoms with van der Waals surface area (Å²) in [6.45, 7) is 8.39. The first-order chi connectivity index (χ1) is 9.51. The molecule has 0 fully saturated rings. The third-order valence-electron chi connectivity index (χ3n) is 3.17. The van der Waals surface area contributed by atoms with E-state index in [1.54, 1.807) is 23.5 Å². The average Bonchev–Trinajstić information content (AvgIpc) is 2.76. The van der Waals surface area contributed by atoms with Crippen LogP contribution in [0.15, 0.2) is 24.3 Å². The smallest absolute Gasteiger partial charge is 0.123 e. The molecule has 0 aliphatic carbocycles. The van der Waals surface area contributed by atoms with Crippen molar-refractivity contribution >= 4 is 11.3 Å². The van der Waals surface area contributed by atoms with Gasteiger partial charge in [0.05, 0.1) is 11.7 Å². The summed E-state index contributed by atoms with van der Waals surface area (Å²) >= 11 is 1.69. The fraction of sp³-hybridized carbons (Fsp3) is 0.438. The van der Waals surface area contributed by atoms with Gasteiger partial charge in [-0.05, 0) is 44.9 Å². The predicted molar refractivity (Wildman–Crippen MR) is 82.7 cm³/mol. The van der Waals surface area contributed by atoms with Crippen LogP contribution in [0.2, 0.25) is 0 Å². The van der Waals surface area contributed by atoms with E-state index in [4.69, 9.17) is 4.98 Å². The van der Waals surface area contributed by atoms with Crippen molar-refractivity contribution in [3.63, 3.8) is 0 Å². The van der Waals surface area contributed by atoms with Crippen LogP contribution in [0.5, 0.6) is 0 Å². The van der Waals surface area contributed by atoms with Gasteiger partial charge in [-0.25, -0.2) is 9.37 Å². The van der Waals surface area contributed by atoms with Gasteiger partial charge >= 0.3 is 0 Å². The largest absolute Gasteiger partial charge is 0.302 e. The number of hydrogen-bond donors (Lipinski definition) is 1. The molecule has 0 aliphatic heterocycles. The van der Waals surface area contributed by atoms with E-state index in [0.717, 1.165) is 22.7 Å². The zero-order valence-corrected chi connectivity index (χ0v) is 13.2. The van der Waals surface area contributed by atoms with E-state index in [-0.39, 0.29) is 11.9 Å². The molecule has 1 atom stereocenters. The Morgan fingerprint density at radius 1 is 1.35 bits per heavy atom. The molecule has 2 rings (SSSR count). The summed E-state index contributed by atoms with van der Waals surface area (Å²) in [5.74, 6) is -0.206. The number of benzene rings is 1. The quantitative estimate of drug-likeness (QED) is 0.891. The second-order valence-corrected chi connectivity index (χ2v) is 6.45. The molecule has 0 saturated carbocycles. The second-order valence-electron chi connectivity index (χ2n) is 5.22. The summed E-state index contributed by atoms with van der Waals surface area (Å²) in [5.41, 5.74) is 2.06. The highest BCUT2D eigenvalue weighted by molar-refractivity contribution is 7.11. The zero-order valence-electron chi connectivity index (χ0n) is 12.4. The van der Waals surface area contributed by atoms with Crippen LogP contribution in [-0.2, 0) is 6.42 Å². The molecule has 1 unspecified atom stereocenters. The van der Waals surface area contributed by atoms with E-state index >= 15 is 0 Å². The molecule has 20 heavy (non-hydrogen) atoms. The third kappa shape index (κ3) is 3.44. The van der Waals surface area contributed by atoms with Gasteiger partial charge in [0.15, 0.2) is 0 Å². The minimum atomic E-state index is -0.206. The summed E-state index contributed by atoms with van der Waals surface area (Å²) in [7, 11) is 0. The number of halogens is 1. The van der Waals surface area contributed by atoms with E-state index in [0.29, 0.717) is 6.04 Å². The molecule has 1 N–H and O–H groups in total. The summed E-state index contributed by atoms with van der Waals surface area (Å²) in [5, 5.41) is 4.50. The van der Waals surface area contributed by atoms with Crippen LogP contribution >= 0.6 is 11.3 Å². The molecule has 0 radical (unpaired) electrons. The minimum absolute atomic E-state index is 0.0466. The summed E-state index contributed by atoms with van der Waals surface area (Å²) in [4.78, 5) is 5.97. The van der Waals surface area contributed by atoms with Crippen molar-refractivity contribution in [3.8, 4) is 0 Å². The summed E-state index contributed by atoms with van der Waals surface area (Å²) in [6.07, 6.45) is 0.930. The Labute approximate surface area is 124 Å². The van der Waals surface area contributed by atoms with E-state index in [1.807, 2.05) is 6.07 Å². The first-order valence-electron chi connectivity index (χ1n) is 6.99. The molecule has 4 heteroatoms. The van der Waals surface area contributed by atoms with Gasteiger partial charge in [-0.15, -0.1) is 11.3 Å². The average molecular weight is 292 g/mol. The molecular formula is C16H21FN2S. The van der Waals surface area contributed by atoms with Crippen molar-refractivity contribution in [2.24, 2.45) is 0 Å². The van der Waals surface area contributed by atoms with Crippen molar-refractivity contribution in [1.82, 2.24) is 10.3 Å². The maximum atomic E-state index is 13.5. The summed E-state index contributed by atoms with van der Waals surface area (Å²) in [6, 6.07) is 7.02.